The molecular weight excluding hydrogens is 412 g/mol. The highest BCUT2D eigenvalue weighted by molar-refractivity contribution is 7.13. The number of carbonyl (C=O) groups is 1. The highest BCUT2D eigenvalue weighted by Crippen LogP contribution is 2.29. The van der Waals surface area contributed by atoms with E-state index in [0.29, 0.717) is 12.1 Å². The van der Waals surface area contributed by atoms with Crippen molar-refractivity contribution in [1.29, 1.82) is 0 Å². The van der Waals surface area contributed by atoms with E-state index in [1.54, 1.807) is 41.5 Å². The molecule has 0 saturated carbocycles. The minimum atomic E-state index is -0.457. The van der Waals surface area contributed by atoms with Gasteiger partial charge in [0, 0.05) is 37.0 Å². The lowest BCUT2D eigenvalue weighted by molar-refractivity contribution is -0.385. The number of likely N-dealkylation sites (N-methyl/N-ethyl adjacent to an activating group) is 1. The topological polar surface area (TPSA) is 81.3 Å². The van der Waals surface area contributed by atoms with Crippen LogP contribution in [0.3, 0.4) is 0 Å². The van der Waals surface area contributed by atoms with Crippen LogP contribution in [0.5, 0.6) is 0 Å². The smallest absolute Gasteiger partial charge is 0.273 e. The normalized spacial score (nSPS) is 10.7. The Morgan fingerprint density at radius 2 is 1.81 bits per heavy atom. The van der Waals surface area contributed by atoms with Crippen LogP contribution < -0.4 is 0 Å². The van der Waals surface area contributed by atoms with E-state index in [4.69, 9.17) is 5.10 Å². The van der Waals surface area contributed by atoms with Gasteiger partial charge in [-0.15, -0.1) is 11.3 Å². The van der Waals surface area contributed by atoms with Crippen molar-refractivity contribution in [2.24, 2.45) is 0 Å². The van der Waals surface area contributed by atoms with Crippen molar-refractivity contribution in [2.45, 2.75) is 13.0 Å². The Morgan fingerprint density at radius 1 is 1.06 bits per heavy atom. The summed E-state index contributed by atoms with van der Waals surface area (Å²) in [6.07, 6.45) is 1.90. The predicted octanol–water partition coefficient (Wildman–Crippen LogP) is 4.71. The lowest BCUT2D eigenvalue weighted by Gasteiger charge is -2.17. The van der Waals surface area contributed by atoms with Crippen molar-refractivity contribution in [3.63, 3.8) is 0 Å². The van der Waals surface area contributed by atoms with Gasteiger partial charge in [0.15, 0.2) is 0 Å². The van der Waals surface area contributed by atoms with Gasteiger partial charge in [0.2, 0.25) is 5.91 Å². The Kier molecular flexibility index (Phi) is 5.90. The third-order valence-electron chi connectivity index (χ3n) is 4.93. The van der Waals surface area contributed by atoms with Crippen LogP contribution in [0.2, 0.25) is 0 Å². The zero-order valence-electron chi connectivity index (χ0n) is 16.8. The van der Waals surface area contributed by atoms with E-state index in [0.717, 1.165) is 21.8 Å². The Bertz CT molecular complexity index is 1200. The minimum absolute atomic E-state index is 0.0329. The van der Waals surface area contributed by atoms with Gasteiger partial charge in [0.1, 0.15) is 5.69 Å². The summed E-state index contributed by atoms with van der Waals surface area (Å²) in [4.78, 5) is 26.2. The van der Waals surface area contributed by atoms with Crippen molar-refractivity contribution >= 4 is 22.9 Å². The van der Waals surface area contributed by atoms with E-state index in [2.05, 4.69) is 0 Å². The van der Waals surface area contributed by atoms with Gasteiger partial charge in [-0.2, -0.15) is 5.10 Å². The van der Waals surface area contributed by atoms with Crippen LogP contribution in [0.15, 0.2) is 78.3 Å². The summed E-state index contributed by atoms with van der Waals surface area (Å²) in [6.45, 7) is 0.347. The van der Waals surface area contributed by atoms with Gasteiger partial charge < -0.3 is 4.90 Å². The molecule has 0 N–H and O–H groups in total. The molecule has 0 spiro atoms. The molecule has 1 amide bonds. The first kappa shape index (κ1) is 20.5. The second-order valence-electron chi connectivity index (χ2n) is 7.07. The van der Waals surface area contributed by atoms with E-state index in [1.165, 1.54) is 6.07 Å². The Hall–Kier alpha value is -3.78. The molecule has 0 radical (unpaired) electrons. The number of thiophene rings is 1. The molecule has 4 rings (SSSR count). The standard InChI is InChI=1S/C23H20N4O3S/c1-25(22(28)14-17-8-5-6-11-20(17)27(29)30)15-18-16-26(19-9-3-2-4-10-19)24-23(18)21-12-7-13-31-21/h2-13,16H,14-15H2,1H3. The predicted molar refractivity (Wildman–Crippen MR) is 120 cm³/mol. The van der Waals surface area contributed by atoms with Crippen LogP contribution >= 0.6 is 11.3 Å². The maximum atomic E-state index is 12.8. The van der Waals surface area contributed by atoms with Crippen LogP contribution in [0.25, 0.3) is 16.3 Å². The second kappa shape index (κ2) is 8.93. The van der Waals surface area contributed by atoms with E-state index in [1.807, 2.05) is 58.7 Å². The van der Waals surface area contributed by atoms with Gasteiger partial charge in [0.05, 0.1) is 21.9 Å². The number of nitro groups is 1. The molecule has 0 aliphatic rings. The third-order valence-corrected chi connectivity index (χ3v) is 5.81. The molecule has 0 aliphatic carbocycles. The largest absolute Gasteiger partial charge is 0.341 e. The van der Waals surface area contributed by atoms with Crippen molar-refractivity contribution in [1.82, 2.24) is 14.7 Å². The number of rotatable bonds is 7. The number of hydrogen-bond acceptors (Lipinski definition) is 5. The molecule has 0 bridgehead atoms. The summed E-state index contributed by atoms with van der Waals surface area (Å²) in [6, 6.07) is 20.1. The molecule has 8 heteroatoms. The van der Waals surface area contributed by atoms with Crippen molar-refractivity contribution in [3.05, 3.63) is 99.5 Å². The molecular formula is C23H20N4O3S. The second-order valence-corrected chi connectivity index (χ2v) is 8.02. The Balaban J connectivity index is 1.59. The van der Waals surface area contributed by atoms with Crippen molar-refractivity contribution in [2.75, 3.05) is 7.05 Å². The number of hydrogen-bond donors (Lipinski definition) is 0. The number of nitro benzene ring substituents is 1. The van der Waals surface area contributed by atoms with Crippen molar-refractivity contribution < 1.29 is 9.72 Å². The monoisotopic (exact) mass is 432 g/mol. The number of carbonyl (C=O) groups excluding carboxylic acids is 1. The third kappa shape index (κ3) is 4.54. The average molecular weight is 433 g/mol. The first-order valence-electron chi connectivity index (χ1n) is 9.67. The SMILES string of the molecule is CN(Cc1cn(-c2ccccc2)nc1-c1cccs1)C(=O)Cc1ccccc1[N+](=O)[O-]. The summed E-state index contributed by atoms with van der Waals surface area (Å²) in [5, 5.41) is 18.0. The minimum Gasteiger partial charge on any atom is -0.341 e. The number of benzene rings is 2. The molecule has 7 nitrogen and oxygen atoms in total. The van der Waals surface area contributed by atoms with Gasteiger partial charge in [-0.1, -0.05) is 42.5 Å². The van der Waals surface area contributed by atoms with Gasteiger partial charge in [-0.05, 0) is 23.6 Å². The van der Waals surface area contributed by atoms with Gasteiger partial charge in [0.25, 0.3) is 5.69 Å². The molecule has 4 aromatic rings. The van der Waals surface area contributed by atoms with E-state index < -0.39 is 4.92 Å². The molecule has 0 saturated heterocycles. The molecule has 31 heavy (non-hydrogen) atoms. The summed E-state index contributed by atoms with van der Waals surface area (Å²) >= 11 is 1.59. The number of para-hydroxylation sites is 2. The van der Waals surface area contributed by atoms with Crippen LogP contribution in [-0.2, 0) is 17.8 Å². The molecule has 0 aliphatic heterocycles. The highest BCUT2D eigenvalue weighted by atomic mass is 32.1. The molecule has 0 atom stereocenters. The molecule has 2 aromatic heterocycles. The quantitative estimate of drug-likeness (QED) is 0.313. The van der Waals surface area contributed by atoms with Crippen LogP contribution in [-0.4, -0.2) is 32.6 Å². The summed E-state index contributed by atoms with van der Waals surface area (Å²) in [5.41, 5.74) is 3.03. The Labute approximate surface area is 183 Å². The number of aromatic nitrogens is 2. The zero-order valence-corrected chi connectivity index (χ0v) is 17.7. The summed E-state index contributed by atoms with van der Waals surface area (Å²) in [7, 11) is 1.70. The molecule has 0 fully saturated rings. The molecule has 2 heterocycles. The lowest BCUT2D eigenvalue weighted by atomic mass is 10.1. The maximum Gasteiger partial charge on any atom is 0.273 e. The first-order chi connectivity index (χ1) is 15.0. The molecule has 2 aromatic carbocycles. The fraction of sp³-hybridized carbons (Fsp3) is 0.130. The van der Waals surface area contributed by atoms with Crippen LogP contribution in [0.1, 0.15) is 11.1 Å². The summed E-state index contributed by atoms with van der Waals surface area (Å²) < 4.78 is 1.81. The summed E-state index contributed by atoms with van der Waals surface area (Å²) in [5.74, 6) is -0.195. The average Bonchev–Trinajstić information content (AvgIpc) is 3.44. The molecule has 0 unspecified atom stereocenters. The fourth-order valence-corrected chi connectivity index (χ4v) is 4.08. The van der Waals surface area contributed by atoms with E-state index in [-0.39, 0.29) is 18.0 Å². The van der Waals surface area contributed by atoms with Crippen LogP contribution in [0, 0.1) is 10.1 Å². The van der Waals surface area contributed by atoms with Gasteiger partial charge in [-0.25, -0.2) is 4.68 Å². The Morgan fingerprint density at radius 3 is 2.52 bits per heavy atom. The van der Waals surface area contributed by atoms with Gasteiger partial charge in [-0.3, -0.25) is 14.9 Å². The fourth-order valence-electron chi connectivity index (χ4n) is 3.34. The molecule has 156 valence electrons. The highest BCUT2D eigenvalue weighted by Gasteiger charge is 2.20. The van der Waals surface area contributed by atoms with Gasteiger partial charge >= 0.3 is 0 Å². The zero-order chi connectivity index (χ0) is 21.8. The lowest BCUT2D eigenvalue weighted by Crippen LogP contribution is -2.28. The maximum absolute atomic E-state index is 12.8. The van der Waals surface area contributed by atoms with E-state index >= 15 is 0 Å². The van der Waals surface area contributed by atoms with Crippen molar-refractivity contribution in [3.8, 4) is 16.3 Å². The van der Waals surface area contributed by atoms with Crippen LogP contribution in [0.4, 0.5) is 5.69 Å². The first-order valence-corrected chi connectivity index (χ1v) is 10.5. The number of nitrogens with zero attached hydrogens (tertiary/aromatic N) is 4. The number of amides is 1. The van der Waals surface area contributed by atoms with E-state index in [9.17, 15) is 14.9 Å².